The van der Waals surface area contributed by atoms with Gasteiger partial charge in [-0.2, -0.15) is 0 Å². The SMILES string of the molecule is CCN1C2=C(C(=O)CCC2)C(c2cc(Br)c(OCC(=O)Nc3ccccc3)c(Br)c2)C2=C1CCCC2=O. The lowest BCUT2D eigenvalue weighted by atomic mass is 9.71. The Kier molecular flexibility index (Phi) is 7.67. The molecule has 0 radical (unpaired) electrons. The van der Waals surface area contributed by atoms with Crippen LogP contribution in [0.2, 0.25) is 0 Å². The Morgan fingerprint density at radius 3 is 2.05 bits per heavy atom. The van der Waals surface area contributed by atoms with Crippen LogP contribution in [0.3, 0.4) is 0 Å². The Bertz CT molecular complexity index is 1270. The molecule has 1 amide bonds. The summed E-state index contributed by atoms with van der Waals surface area (Å²) in [6, 6.07) is 13.0. The van der Waals surface area contributed by atoms with Crippen molar-refractivity contribution in [1.29, 1.82) is 0 Å². The highest BCUT2D eigenvalue weighted by Gasteiger charge is 2.43. The van der Waals surface area contributed by atoms with Gasteiger partial charge in [-0.1, -0.05) is 18.2 Å². The summed E-state index contributed by atoms with van der Waals surface area (Å²) in [5, 5.41) is 2.81. The van der Waals surface area contributed by atoms with Gasteiger partial charge in [0.25, 0.3) is 5.91 Å². The molecule has 0 spiro atoms. The van der Waals surface area contributed by atoms with Crippen LogP contribution < -0.4 is 10.1 Å². The largest absolute Gasteiger partial charge is 0.481 e. The number of para-hydroxylation sites is 1. The fourth-order valence-electron chi connectivity index (χ4n) is 5.67. The van der Waals surface area contributed by atoms with Gasteiger partial charge in [0.1, 0.15) is 5.75 Å². The van der Waals surface area contributed by atoms with Crippen molar-refractivity contribution in [3.05, 3.63) is 79.5 Å². The zero-order valence-electron chi connectivity index (χ0n) is 20.6. The van der Waals surface area contributed by atoms with Gasteiger partial charge in [-0.05, 0) is 94.3 Å². The average molecular weight is 628 g/mol. The Morgan fingerprint density at radius 1 is 0.946 bits per heavy atom. The number of halogens is 2. The number of anilines is 1. The quantitative estimate of drug-likeness (QED) is 0.388. The van der Waals surface area contributed by atoms with E-state index in [-0.39, 0.29) is 24.1 Å². The number of ether oxygens (including phenoxy) is 1. The summed E-state index contributed by atoms with van der Waals surface area (Å²) < 4.78 is 7.16. The Hall–Kier alpha value is -2.71. The lowest BCUT2D eigenvalue weighted by molar-refractivity contribution is -0.118. The second-order valence-electron chi connectivity index (χ2n) is 9.47. The molecule has 3 aliphatic rings. The fraction of sp³-hybridized carbons (Fsp3) is 0.345. The van der Waals surface area contributed by atoms with Crippen molar-refractivity contribution in [1.82, 2.24) is 4.90 Å². The molecule has 1 heterocycles. The molecule has 0 saturated carbocycles. The molecule has 0 bridgehead atoms. The van der Waals surface area contributed by atoms with Gasteiger partial charge in [-0.3, -0.25) is 14.4 Å². The molecule has 2 aromatic rings. The maximum absolute atomic E-state index is 13.3. The van der Waals surface area contributed by atoms with Crippen molar-refractivity contribution in [3.63, 3.8) is 0 Å². The van der Waals surface area contributed by atoms with E-state index in [1.54, 1.807) is 0 Å². The number of carbonyl (C=O) groups excluding carboxylic acids is 3. The van der Waals surface area contributed by atoms with Gasteiger partial charge >= 0.3 is 0 Å². The summed E-state index contributed by atoms with van der Waals surface area (Å²) in [6.45, 7) is 2.67. The van der Waals surface area contributed by atoms with Crippen LogP contribution in [0.1, 0.15) is 56.9 Å². The van der Waals surface area contributed by atoms with E-state index in [4.69, 9.17) is 4.74 Å². The number of nitrogens with zero attached hydrogens (tertiary/aromatic N) is 1. The summed E-state index contributed by atoms with van der Waals surface area (Å²) in [4.78, 5) is 41.3. The lowest BCUT2D eigenvalue weighted by Gasteiger charge is -2.43. The molecule has 6 nitrogen and oxygen atoms in total. The zero-order valence-corrected chi connectivity index (χ0v) is 23.8. The normalized spacial score (nSPS) is 18.1. The number of allylic oxidation sites excluding steroid dienone is 4. The molecule has 8 heteroatoms. The number of hydrogen-bond donors (Lipinski definition) is 1. The van der Waals surface area contributed by atoms with Crippen molar-refractivity contribution in [2.24, 2.45) is 0 Å². The molecule has 192 valence electrons. The summed E-state index contributed by atoms with van der Waals surface area (Å²) in [5.41, 5.74) is 5.23. The number of amides is 1. The van der Waals surface area contributed by atoms with E-state index < -0.39 is 5.92 Å². The van der Waals surface area contributed by atoms with Gasteiger partial charge < -0.3 is 15.0 Å². The van der Waals surface area contributed by atoms with Crippen LogP contribution in [0.5, 0.6) is 5.75 Å². The molecule has 0 aromatic heterocycles. The minimum atomic E-state index is -0.392. The molecule has 37 heavy (non-hydrogen) atoms. The second-order valence-corrected chi connectivity index (χ2v) is 11.2. The van der Waals surface area contributed by atoms with Gasteiger partial charge in [0.2, 0.25) is 0 Å². The van der Waals surface area contributed by atoms with E-state index in [0.717, 1.165) is 60.3 Å². The van der Waals surface area contributed by atoms with Gasteiger partial charge in [0.05, 0.1) is 8.95 Å². The third-order valence-corrected chi connectivity index (χ3v) is 8.34. The van der Waals surface area contributed by atoms with Gasteiger partial charge in [0.15, 0.2) is 18.2 Å². The van der Waals surface area contributed by atoms with Crippen molar-refractivity contribution in [2.75, 3.05) is 18.5 Å². The molecular formula is C29H28Br2N2O4. The summed E-state index contributed by atoms with van der Waals surface area (Å²) in [5.74, 6) is 0.0773. The highest BCUT2D eigenvalue weighted by molar-refractivity contribution is 9.11. The monoisotopic (exact) mass is 626 g/mol. The summed E-state index contributed by atoms with van der Waals surface area (Å²) in [6.07, 6.45) is 4.37. The highest BCUT2D eigenvalue weighted by atomic mass is 79.9. The van der Waals surface area contributed by atoms with E-state index >= 15 is 0 Å². The second kappa shape index (κ2) is 11.0. The minimum Gasteiger partial charge on any atom is -0.481 e. The molecule has 5 rings (SSSR count). The lowest BCUT2D eigenvalue weighted by Crippen LogP contribution is -2.39. The number of benzene rings is 2. The van der Waals surface area contributed by atoms with Crippen LogP contribution >= 0.6 is 31.9 Å². The van der Waals surface area contributed by atoms with Crippen LogP contribution in [0.15, 0.2) is 74.0 Å². The number of nitrogens with one attached hydrogen (secondary N) is 1. The molecular weight excluding hydrogens is 600 g/mol. The molecule has 2 aromatic carbocycles. The number of ketones is 2. The summed E-state index contributed by atoms with van der Waals surface area (Å²) in [7, 11) is 0. The smallest absolute Gasteiger partial charge is 0.262 e. The van der Waals surface area contributed by atoms with Gasteiger partial charge in [-0.15, -0.1) is 0 Å². The third kappa shape index (κ3) is 5.06. The molecule has 0 saturated heterocycles. The molecule has 0 fully saturated rings. The standard InChI is InChI=1S/C29H28Br2N2O4/c1-2-33-21-10-6-12-23(34)27(21)26(28-22(33)11-7-13-24(28)35)17-14-19(30)29(20(31)15-17)37-16-25(36)32-18-8-4-3-5-9-18/h3-5,8-9,14-15,26H,2,6-7,10-13,16H2,1H3,(H,32,36). The predicted molar refractivity (Wildman–Crippen MR) is 149 cm³/mol. The number of Topliss-reactive ketones (excluding diaryl/α,β-unsaturated/α-hetero) is 2. The van der Waals surface area contributed by atoms with Crippen LogP contribution in [0, 0.1) is 0 Å². The number of carbonyl (C=O) groups is 3. The zero-order chi connectivity index (χ0) is 26.1. The van der Waals surface area contributed by atoms with Crippen molar-refractivity contribution in [2.45, 2.75) is 51.4 Å². The fourth-order valence-corrected chi connectivity index (χ4v) is 7.12. The molecule has 0 unspecified atom stereocenters. The van der Waals surface area contributed by atoms with Gasteiger partial charge in [-0.25, -0.2) is 0 Å². The van der Waals surface area contributed by atoms with E-state index in [9.17, 15) is 14.4 Å². The highest BCUT2D eigenvalue weighted by Crippen LogP contribution is 2.50. The molecule has 0 atom stereocenters. The first-order chi connectivity index (χ1) is 17.9. The summed E-state index contributed by atoms with van der Waals surface area (Å²) >= 11 is 7.23. The Labute approximate surface area is 233 Å². The van der Waals surface area contributed by atoms with Crippen molar-refractivity contribution in [3.8, 4) is 5.75 Å². The van der Waals surface area contributed by atoms with E-state index in [0.29, 0.717) is 33.2 Å². The van der Waals surface area contributed by atoms with Gasteiger partial charge in [0, 0.05) is 53.5 Å². The van der Waals surface area contributed by atoms with Crippen molar-refractivity contribution >= 4 is 55.0 Å². The maximum atomic E-state index is 13.3. The van der Waals surface area contributed by atoms with Crippen LogP contribution in [0.25, 0.3) is 0 Å². The van der Waals surface area contributed by atoms with E-state index in [1.165, 1.54) is 0 Å². The maximum Gasteiger partial charge on any atom is 0.262 e. The average Bonchev–Trinajstić information content (AvgIpc) is 2.88. The third-order valence-electron chi connectivity index (χ3n) is 7.16. The molecule has 1 N–H and O–H groups in total. The minimum absolute atomic E-state index is 0.125. The molecule has 2 aliphatic carbocycles. The first-order valence-electron chi connectivity index (χ1n) is 12.7. The van der Waals surface area contributed by atoms with Crippen LogP contribution in [0.4, 0.5) is 5.69 Å². The van der Waals surface area contributed by atoms with E-state index in [2.05, 4.69) is 49.0 Å². The first-order valence-corrected chi connectivity index (χ1v) is 14.2. The van der Waals surface area contributed by atoms with E-state index in [1.807, 2.05) is 42.5 Å². The van der Waals surface area contributed by atoms with Crippen molar-refractivity contribution < 1.29 is 19.1 Å². The van der Waals surface area contributed by atoms with Crippen LogP contribution in [-0.2, 0) is 14.4 Å². The number of rotatable bonds is 6. The van der Waals surface area contributed by atoms with Crippen LogP contribution in [-0.4, -0.2) is 35.5 Å². The Balaban J connectivity index is 1.48. The molecule has 1 aliphatic heterocycles. The number of hydrogen-bond acceptors (Lipinski definition) is 5. The Morgan fingerprint density at radius 2 is 1.51 bits per heavy atom. The topological polar surface area (TPSA) is 75.7 Å². The first kappa shape index (κ1) is 25.9. The predicted octanol–water partition coefficient (Wildman–Crippen LogP) is 6.66.